The van der Waals surface area contributed by atoms with Crippen molar-refractivity contribution < 1.29 is 20.0 Å². The van der Waals surface area contributed by atoms with E-state index in [1.165, 1.54) is 7.05 Å². The standard InChI is InChI=1S/C4H15N4O3/c1-4(2)10-7(9)11-8(3,5)6/h4,7H,5-6H2,1-3H3/q+1. The third-order valence-corrected chi connectivity index (χ3v) is 0.603. The molecule has 7 heteroatoms. The highest BCUT2D eigenvalue weighted by Crippen LogP contribution is 1.79. The van der Waals surface area contributed by atoms with E-state index in [1.807, 2.05) is 0 Å². The van der Waals surface area contributed by atoms with Crippen molar-refractivity contribution >= 4 is 0 Å². The number of quaternary nitrogens is 2. The van der Waals surface area contributed by atoms with E-state index < -0.39 is 10.3 Å². The van der Waals surface area contributed by atoms with E-state index in [2.05, 4.69) is 9.78 Å². The van der Waals surface area contributed by atoms with Crippen LogP contribution in [-0.2, 0) is 9.78 Å². The molecular weight excluding hydrogens is 152 g/mol. The quantitative estimate of drug-likeness (QED) is 0.249. The van der Waals surface area contributed by atoms with Crippen molar-refractivity contribution in [2.45, 2.75) is 20.0 Å². The second kappa shape index (κ2) is 3.93. The number of nitrogens with zero attached hydrogens (tertiary/aromatic N) is 1. The first-order valence-electron chi connectivity index (χ1n) is 3.15. The molecule has 0 amide bonds. The normalized spacial score (nSPS) is 15.5. The van der Waals surface area contributed by atoms with E-state index in [9.17, 15) is 5.21 Å². The molecule has 0 radical (unpaired) electrons. The summed E-state index contributed by atoms with van der Waals surface area (Å²) < 4.78 is 0. The molecular formula is C4H15N4O3+. The van der Waals surface area contributed by atoms with Gasteiger partial charge >= 0.3 is 0 Å². The molecule has 0 saturated heterocycles. The van der Waals surface area contributed by atoms with Gasteiger partial charge in [-0.25, -0.2) is 0 Å². The molecule has 0 spiro atoms. The van der Waals surface area contributed by atoms with E-state index in [4.69, 9.17) is 11.7 Å². The molecule has 68 valence electrons. The molecule has 1 unspecified atom stereocenters. The van der Waals surface area contributed by atoms with Crippen LogP contribution in [0.2, 0.25) is 0 Å². The monoisotopic (exact) mass is 167 g/mol. The van der Waals surface area contributed by atoms with Crippen LogP contribution >= 0.6 is 0 Å². The van der Waals surface area contributed by atoms with Gasteiger partial charge < -0.3 is 5.21 Å². The van der Waals surface area contributed by atoms with Crippen LogP contribution in [0.5, 0.6) is 0 Å². The van der Waals surface area contributed by atoms with E-state index >= 15 is 0 Å². The number of nitrogens with one attached hydrogen (secondary N) is 1. The first-order valence-corrected chi connectivity index (χ1v) is 3.15. The van der Waals surface area contributed by atoms with Crippen molar-refractivity contribution in [2.75, 3.05) is 7.05 Å². The second-order valence-corrected chi connectivity index (χ2v) is 2.57. The van der Waals surface area contributed by atoms with Crippen LogP contribution in [0.25, 0.3) is 0 Å². The van der Waals surface area contributed by atoms with Gasteiger partial charge in [0.15, 0.2) is 0 Å². The molecule has 7 nitrogen and oxygen atoms in total. The van der Waals surface area contributed by atoms with Gasteiger partial charge in [0.2, 0.25) is 0 Å². The van der Waals surface area contributed by atoms with E-state index in [0.717, 1.165) is 0 Å². The van der Waals surface area contributed by atoms with Gasteiger partial charge in [-0.1, -0.05) is 0 Å². The maximum atomic E-state index is 10.6. The van der Waals surface area contributed by atoms with Crippen LogP contribution in [0.4, 0.5) is 0 Å². The fourth-order valence-corrected chi connectivity index (χ4v) is 0.375. The Morgan fingerprint density at radius 1 is 1.45 bits per heavy atom. The predicted molar refractivity (Wildman–Crippen MR) is 36.2 cm³/mol. The van der Waals surface area contributed by atoms with Gasteiger partial charge in [-0.3, -0.25) is 0 Å². The van der Waals surface area contributed by atoms with Crippen molar-refractivity contribution in [3.8, 4) is 0 Å². The number of hydroxylamine groups is 1. The van der Waals surface area contributed by atoms with Gasteiger partial charge in [-0.15, -0.1) is 11.7 Å². The minimum absolute atomic E-state index is 0.242. The lowest BCUT2D eigenvalue weighted by molar-refractivity contribution is -1.40. The summed E-state index contributed by atoms with van der Waals surface area (Å²) in [6, 6.07) is 0. The molecule has 0 saturated carbocycles. The highest BCUT2D eigenvalue weighted by atomic mass is 17.2. The summed E-state index contributed by atoms with van der Waals surface area (Å²) in [6.45, 7) is 3.39. The zero-order valence-corrected chi connectivity index (χ0v) is 6.90. The molecule has 0 aromatic carbocycles. The average Bonchev–Trinajstić information content (AvgIpc) is 1.53. The Morgan fingerprint density at radius 3 is 2.18 bits per heavy atom. The lowest BCUT2D eigenvalue weighted by Gasteiger charge is -2.22. The topological polar surface area (TPSA) is 98.0 Å². The molecule has 0 aliphatic heterocycles. The lowest BCUT2D eigenvalue weighted by atomic mass is 10.5. The minimum atomic E-state index is -0.883. The maximum Gasteiger partial charge on any atom is 0.144 e. The Hall–Kier alpha value is -0.280. The van der Waals surface area contributed by atoms with Crippen LogP contribution in [0.1, 0.15) is 13.8 Å². The number of rotatable bonds is 4. The Labute approximate surface area is 65.0 Å². The minimum Gasteiger partial charge on any atom is -0.561 e. The van der Waals surface area contributed by atoms with Gasteiger partial charge in [-0.2, -0.15) is 4.84 Å². The Balaban J connectivity index is 3.61. The van der Waals surface area contributed by atoms with Crippen LogP contribution in [0.3, 0.4) is 0 Å². The summed E-state index contributed by atoms with van der Waals surface area (Å²) in [6.07, 6.45) is -0.242. The molecule has 11 heavy (non-hydrogen) atoms. The first-order chi connectivity index (χ1) is 4.81. The lowest BCUT2D eigenvalue weighted by Crippen LogP contribution is -3.09. The third kappa shape index (κ3) is 7.62. The molecule has 0 bridgehead atoms. The maximum absolute atomic E-state index is 10.6. The molecule has 0 fully saturated rings. The first kappa shape index (κ1) is 10.7. The molecule has 0 aromatic rings. The van der Waals surface area contributed by atoms with Crippen LogP contribution in [0, 0.1) is 5.21 Å². The third-order valence-electron chi connectivity index (χ3n) is 0.603. The zero-order valence-electron chi connectivity index (χ0n) is 6.90. The fourth-order valence-electron chi connectivity index (χ4n) is 0.375. The van der Waals surface area contributed by atoms with Gasteiger partial charge in [0, 0.05) is 4.86 Å². The second-order valence-electron chi connectivity index (χ2n) is 2.57. The van der Waals surface area contributed by atoms with Crippen molar-refractivity contribution in [2.24, 2.45) is 11.7 Å². The van der Waals surface area contributed by atoms with Gasteiger partial charge in [0.25, 0.3) is 0 Å². The fraction of sp³-hybridized carbons (Fsp3) is 1.00. The molecule has 0 aliphatic carbocycles. The Morgan fingerprint density at radius 2 is 1.91 bits per heavy atom. The molecule has 0 aromatic heterocycles. The summed E-state index contributed by atoms with van der Waals surface area (Å²) in [4.78, 5) is 8.09. The summed E-state index contributed by atoms with van der Waals surface area (Å²) in [5, 5.41) is 9.77. The van der Waals surface area contributed by atoms with Crippen molar-refractivity contribution in [3.63, 3.8) is 0 Å². The summed E-state index contributed by atoms with van der Waals surface area (Å²) >= 11 is 0. The SMILES string of the molecule is CC(C)O[NH+]([O-])O[N+](C)(N)N. The van der Waals surface area contributed by atoms with Gasteiger partial charge in [-0.05, 0) is 19.2 Å². The van der Waals surface area contributed by atoms with Gasteiger partial charge in [0.1, 0.15) is 13.2 Å². The highest BCUT2D eigenvalue weighted by molar-refractivity contribution is 4.24. The molecule has 1 atom stereocenters. The number of hydrogen-bond acceptors (Lipinski definition) is 5. The summed E-state index contributed by atoms with van der Waals surface area (Å²) in [7, 11) is 1.29. The number of nitrogens with two attached hydrogens (primary N) is 2. The largest absolute Gasteiger partial charge is 0.561 e. The van der Waals surface area contributed by atoms with Crippen molar-refractivity contribution in [3.05, 3.63) is 5.21 Å². The zero-order chi connectivity index (χ0) is 9.07. The smallest absolute Gasteiger partial charge is 0.144 e. The van der Waals surface area contributed by atoms with Crippen molar-refractivity contribution in [1.29, 1.82) is 0 Å². The highest BCUT2D eigenvalue weighted by Gasteiger charge is 2.18. The van der Waals surface area contributed by atoms with Crippen LogP contribution in [0.15, 0.2) is 0 Å². The van der Waals surface area contributed by atoms with E-state index in [0.29, 0.717) is 0 Å². The molecule has 0 rings (SSSR count). The van der Waals surface area contributed by atoms with Crippen molar-refractivity contribution in [1.82, 2.24) is 0 Å². The van der Waals surface area contributed by atoms with Gasteiger partial charge in [0.05, 0.1) is 4.94 Å². The summed E-state index contributed by atoms with van der Waals surface area (Å²) in [5.41, 5.74) is 0. The Bertz CT molecular complexity index is 112. The molecule has 5 N–H and O–H groups in total. The molecule has 0 heterocycles. The van der Waals surface area contributed by atoms with Crippen LogP contribution in [-0.4, -0.2) is 18.0 Å². The summed E-state index contributed by atoms with van der Waals surface area (Å²) in [5.74, 6) is 10.2. The average molecular weight is 167 g/mol. The van der Waals surface area contributed by atoms with Crippen LogP contribution < -0.4 is 17.1 Å². The molecule has 0 aliphatic rings. The number of hydrogen-bond donors (Lipinski definition) is 3. The predicted octanol–water partition coefficient (Wildman–Crippen LogP) is -2.25. The van der Waals surface area contributed by atoms with E-state index in [1.54, 1.807) is 13.8 Å². The van der Waals surface area contributed by atoms with E-state index in [-0.39, 0.29) is 6.10 Å². The Kier molecular flexibility index (Phi) is 3.83.